The number of anilines is 1. The summed E-state index contributed by atoms with van der Waals surface area (Å²) >= 11 is 6.92. The minimum atomic E-state index is -1.33. The van der Waals surface area contributed by atoms with Crippen molar-refractivity contribution in [2.45, 2.75) is 36.2 Å². The number of benzene rings is 3. The molecule has 0 aromatic heterocycles. The Morgan fingerprint density at radius 2 is 1.83 bits per heavy atom. The summed E-state index contributed by atoms with van der Waals surface area (Å²) < 4.78 is 4.69. The lowest BCUT2D eigenvalue weighted by atomic mass is 9.98. The Labute approximate surface area is 209 Å². The first kappa shape index (κ1) is 22.4. The normalized spacial score (nSPS) is 24.1. The van der Waals surface area contributed by atoms with Crippen molar-refractivity contribution in [1.29, 1.82) is 0 Å². The lowest BCUT2D eigenvalue weighted by Gasteiger charge is -2.40. The molecular weight excluding hydrogens is 462 g/mol. The lowest BCUT2D eigenvalue weighted by Crippen LogP contribution is -2.51. The average molecular weight is 490 g/mol. The van der Waals surface area contributed by atoms with Crippen LogP contribution in [-0.4, -0.2) is 49.7 Å². The van der Waals surface area contributed by atoms with Crippen molar-refractivity contribution in [1.82, 2.24) is 10.2 Å². The average Bonchev–Trinajstić information content (AvgIpc) is 3.38. The summed E-state index contributed by atoms with van der Waals surface area (Å²) in [7, 11) is 1.30. The molecule has 3 aliphatic rings. The Hall–Kier alpha value is -3.09. The van der Waals surface area contributed by atoms with Gasteiger partial charge >= 0.3 is 6.09 Å². The number of para-hydroxylation sites is 1. The second-order valence-electron chi connectivity index (χ2n) is 9.69. The number of ether oxygens (including phenoxy) is 1. The third-order valence-electron chi connectivity index (χ3n) is 7.91. The van der Waals surface area contributed by atoms with Crippen LogP contribution in [0, 0.1) is 0 Å². The second kappa shape index (κ2) is 8.54. The molecule has 1 N–H and O–H groups in total. The van der Waals surface area contributed by atoms with Gasteiger partial charge in [-0.25, -0.2) is 4.79 Å². The van der Waals surface area contributed by atoms with Crippen LogP contribution in [0.15, 0.2) is 60.7 Å². The van der Waals surface area contributed by atoms with E-state index in [1.54, 1.807) is 0 Å². The highest BCUT2D eigenvalue weighted by molar-refractivity contribution is 6.39. The van der Waals surface area contributed by atoms with Gasteiger partial charge in [-0.1, -0.05) is 54.6 Å². The van der Waals surface area contributed by atoms with Crippen molar-refractivity contribution >= 4 is 40.1 Å². The van der Waals surface area contributed by atoms with E-state index in [4.69, 9.17) is 11.6 Å². The van der Waals surface area contributed by atoms with Gasteiger partial charge in [-0.2, -0.15) is 0 Å². The maximum atomic E-state index is 13.7. The van der Waals surface area contributed by atoms with Gasteiger partial charge < -0.3 is 15.0 Å². The van der Waals surface area contributed by atoms with E-state index in [0.717, 1.165) is 43.6 Å². The van der Waals surface area contributed by atoms with Crippen molar-refractivity contribution < 1.29 is 14.3 Å². The predicted octanol–water partition coefficient (Wildman–Crippen LogP) is 4.74. The SMILES string of the molecule is COC(=O)NCC1(Cl)C(=O)N(C2CCN(C3Cc4cccc5cccc3c45)CC2)c2ccccc21. The van der Waals surface area contributed by atoms with Crippen LogP contribution in [0.5, 0.6) is 0 Å². The van der Waals surface area contributed by atoms with Crippen LogP contribution in [0.3, 0.4) is 0 Å². The molecule has 35 heavy (non-hydrogen) atoms. The fraction of sp³-hybridized carbons (Fsp3) is 0.357. The highest BCUT2D eigenvalue weighted by atomic mass is 35.5. The number of carbonyl (C=O) groups is 2. The molecule has 6 nitrogen and oxygen atoms in total. The van der Waals surface area contributed by atoms with Crippen molar-refractivity contribution in [3.8, 4) is 0 Å². The summed E-state index contributed by atoms with van der Waals surface area (Å²) in [6.45, 7) is 1.82. The van der Waals surface area contributed by atoms with Crippen molar-refractivity contribution in [3.63, 3.8) is 0 Å². The topological polar surface area (TPSA) is 61.9 Å². The molecular formula is C28H28ClN3O3. The van der Waals surface area contributed by atoms with Gasteiger partial charge in [-0.3, -0.25) is 9.69 Å². The Morgan fingerprint density at radius 3 is 2.60 bits per heavy atom. The molecule has 1 fully saturated rings. The van der Waals surface area contributed by atoms with Crippen LogP contribution in [-0.2, 0) is 20.8 Å². The summed E-state index contributed by atoms with van der Waals surface area (Å²) in [5, 5.41) is 5.35. The van der Waals surface area contributed by atoms with E-state index >= 15 is 0 Å². The fourth-order valence-electron chi connectivity index (χ4n) is 6.23. The van der Waals surface area contributed by atoms with Crippen LogP contribution in [0.1, 0.15) is 35.6 Å². The van der Waals surface area contributed by atoms with E-state index in [1.165, 1.54) is 29.0 Å². The number of nitrogens with one attached hydrogen (secondary N) is 1. The number of hydrogen-bond donors (Lipinski definition) is 1. The minimum Gasteiger partial charge on any atom is -0.453 e. The second-order valence-corrected chi connectivity index (χ2v) is 10.3. The Bertz CT molecular complexity index is 1310. The minimum absolute atomic E-state index is 0.0171. The van der Waals surface area contributed by atoms with Crippen LogP contribution in [0.25, 0.3) is 10.8 Å². The number of amides is 2. The van der Waals surface area contributed by atoms with Crippen LogP contribution in [0.2, 0.25) is 0 Å². The number of piperidine rings is 1. The molecule has 1 aliphatic carbocycles. The smallest absolute Gasteiger partial charge is 0.406 e. The maximum absolute atomic E-state index is 13.7. The summed E-state index contributed by atoms with van der Waals surface area (Å²) in [5.74, 6) is -0.173. The lowest BCUT2D eigenvalue weighted by molar-refractivity contribution is -0.121. The number of nitrogens with zero attached hydrogens (tertiary/aromatic N) is 2. The molecule has 2 aliphatic heterocycles. The number of rotatable bonds is 4. The van der Waals surface area contributed by atoms with Gasteiger partial charge in [-0.15, -0.1) is 11.6 Å². The van der Waals surface area contributed by atoms with E-state index in [0.29, 0.717) is 6.04 Å². The maximum Gasteiger partial charge on any atom is 0.406 e. The monoisotopic (exact) mass is 489 g/mol. The van der Waals surface area contributed by atoms with Crippen molar-refractivity contribution in [2.24, 2.45) is 0 Å². The number of alkyl carbamates (subject to hydrolysis) is 1. The Balaban J connectivity index is 1.21. The zero-order chi connectivity index (χ0) is 24.2. The van der Waals surface area contributed by atoms with E-state index in [2.05, 4.69) is 51.4 Å². The highest BCUT2D eigenvalue weighted by Crippen LogP contribution is 2.47. The molecule has 2 heterocycles. The molecule has 0 bridgehead atoms. The van der Waals surface area contributed by atoms with Gasteiger partial charge in [-0.05, 0) is 47.2 Å². The van der Waals surface area contributed by atoms with E-state index in [-0.39, 0.29) is 18.5 Å². The fourth-order valence-corrected chi connectivity index (χ4v) is 6.55. The molecule has 180 valence electrons. The van der Waals surface area contributed by atoms with E-state index in [9.17, 15) is 9.59 Å². The molecule has 2 unspecified atom stereocenters. The van der Waals surface area contributed by atoms with Crippen LogP contribution in [0.4, 0.5) is 10.5 Å². The molecule has 0 spiro atoms. The van der Waals surface area contributed by atoms with Gasteiger partial charge in [0.05, 0.1) is 13.7 Å². The molecule has 3 aromatic rings. The molecule has 3 aromatic carbocycles. The molecule has 6 rings (SSSR count). The first-order valence-corrected chi connectivity index (χ1v) is 12.6. The van der Waals surface area contributed by atoms with Gasteiger partial charge in [0, 0.05) is 36.4 Å². The molecule has 2 atom stereocenters. The molecule has 1 saturated heterocycles. The summed E-state index contributed by atoms with van der Waals surface area (Å²) in [4.78, 5) is 28.5. The number of halogens is 1. The Kier molecular flexibility index (Phi) is 5.46. The number of alkyl halides is 1. The van der Waals surface area contributed by atoms with E-state index < -0.39 is 11.0 Å². The summed E-state index contributed by atoms with van der Waals surface area (Å²) in [6.07, 6.45) is 2.19. The Morgan fingerprint density at radius 1 is 1.09 bits per heavy atom. The van der Waals surface area contributed by atoms with Gasteiger partial charge in [0.25, 0.3) is 5.91 Å². The number of hydrogen-bond acceptors (Lipinski definition) is 4. The first-order chi connectivity index (χ1) is 17.0. The third-order valence-corrected chi connectivity index (χ3v) is 8.41. The number of methoxy groups -OCH3 is 1. The standard InChI is InChI=1S/C28H28ClN3O3/c1-35-27(34)30-17-28(29)22-10-2-3-11-23(22)32(26(28)33)20-12-14-31(15-13-20)24-16-19-8-4-6-18-7-5-9-21(24)25(18)19/h2-11,20,24H,12-17H2,1H3,(H,30,34). The largest absolute Gasteiger partial charge is 0.453 e. The molecule has 7 heteroatoms. The molecule has 2 amide bonds. The first-order valence-electron chi connectivity index (χ1n) is 12.2. The van der Waals surface area contributed by atoms with Gasteiger partial charge in [0.2, 0.25) is 0 Å². The summed E-state index contributed by atoms with van der Waals surface area (Å²) in [6, 6.07) is 21.3. The zero-order valence-corrected chi connectivity index (χ0v) is 20.4. The van der Waals surface area contributed by atoms with Crippen LogP contribution >= 0.6 is 11.6 Å². The van der Waals surface area contributed by atoms with E-state index in [1.807, 2.05) is 29.2 Å². The highest BCUT2D eigenvalue weighted by Gasteiger charge is 2.52. The number of fused-ring (bicyclic) bond motifs is 1. The van der Waals surface area contributed by atoms with Crippen molar-refractivity contribution in [3.05, 3.63) is 77.4 Å². The van der Waals surface area contributed by atoms with Gasteiger partial charge in [0.15, 0.2) is 4.87 Å². The quantitative estimate of drug-likeness (QED) is 0.538. The summed E-state index contributed by atoms with van der Waals surface area (Å²) in [5.41, 5.74) is 4.44. The zero-order valence-electron chi connectivity index (χ0n) is 19.7. The van der Waals surface area contributed by atoms with Crippen LogP contribution < -0.4 is 10.2 Å². The predicted molar refractivity (Wildman–Crippen MR) is 137 cm³/mol. The molecule has 0 saturated carbocycles. The number of likely N-dealkylation sites (tertiary alicyclic amines) is 1. The van der Waals surface area contributed by atoms with Crippen molar-refractivity contribution in [2.75, 3.05) is 31.6 Å². The molecule has 0 radical (unpaired) electrons. The third kappa shape index (κ3) is 3.50. The number of carbonyl (C=O) groups excluding carboxylic acids is 2. The van der Waals surface area contributed by atoms with Gasteiger partial charge in [0.1, 0.15) is 0 Å².